The summed E-state index contributed by atoms with van der Waals surface area (Å²) < 4.78 is 0. The zero-order valence-electron chi connectivity index (χ0n) is 19.4. The van der Waals surface area contributed by atoms with Crippen LogP contribution >= 0.6 is 11.3 Å². The summed E-state index contributed by atoms with van der Waals surface area (Å²) in [6.07, 6.45) is 4.34. The Kier molecular flexibility index (Phi) is 6.94. The standard InChI is InChI=1S/C25H33N5OS/c1-18-14-22(15-26)28-19(2)23(18)24(31)29-11-7-25(3,8-12-29)30-9-4-21(5-10-30)27-16-20-6-13-32-17-20/h6,13-14,17,21,27H,4-5,7-12,16H2,1-3H3. The number of aryl methyl sites for hydroxylation is 2. The minimum atomic E-state index is 0.0513. The van der Waals surface area contributed by atoms with E-state index in [1.807, 2.05) is 18.7 Å². The molecule has 0 atom stereocenters. The maximum absolute atomic E-state index is 13.2. The molecule has 0 spiro atoms. The second-order valence-electron chi connectivity index (χ2n) is 9.46. The predicted molar refractivity (Wildman–Crippen MR) is 128 cm³/mol. The molecule has 1 N–H and O–H groups in total. The molecule has 2 fully saturated rings. The number of nitrogens with zero attached hydrogens (tertiary/aromatic N) is 4. The van der Waals surface area contributed by atoms with E-state index in [4.69, 9.17) is 5.26 Å². The van der Waals surface area contributed by atoms with Gasteiger partial charge in [0.05, 0.1) is 11.3 Å². The number of hydrogen-bond acceptors (Lipinski definition) is 6. The van der Waals surface area contributed by atoms with Gasteiger partial charge in [0.15, 0.2) is 0 Å². The minimum Gasteiger partial charge on any atom is -0.338 e. The topological polar surface area (TPSA) is 72.3 Å². The van der Waals surface area contributed by atoms with Crippen LogP contribution in [-0.4, -0.2) is 58.5 Å². The quantitative estimate of drug-likeness (QED) is 0.747. The molecule has 2 aromatic rings. The van der Waals surface area contributed by atoms with Crippen LogP contribution in [0.4, 0.5) is 0 Å². The molecule has 2 saturated heterocycles. The highest BCUT2D eigenvalue weighted by Gasteiger charge is 2.38. The van der Waals surface area contributed by atoms with Crippen molar-refractivity contribution >= 4 is 17.2 Å². The van der Waals surface area contributed by atoms with Crippen LogP contribution in [0, 0.1) is 25.2 Å². The summed E-state index contributed by atoms with van der Waals surface area (Å²) in [6.45, 7) is 10.8. The lowest BCUT2D eigenvalue weighted by atomic mass is 9.85. The number of nitriles is 1. The molecule has 7 heteroatoms. The van der Waals surface area contributed by atoms with Gasteiger partial charge in [0, 0.05) is 44.3 Å². The van der Waals surface area contributed by atoms with Crippen LogP contribution in [0.5, 0.6) is 0 Å². The maximum atomic E-state index is 13.2. The highest BCUT2D eigenvalue weighted by Crippen LogP contribution is 2.32. The summed E-state index contributed by atoms with van der Waals surface area (Å²) in [5, 5.41) is 17.2. The number of carbonyl (C=O) groups is 1. The van der Waals surface area contributed by atoms with E-state index >= 15 is 0 Å². The van der Waals surface area contributed by atoms with Gasteiger partial charge < -0.3 is 10.2 Å². The Bertz CT molecular complexity index is 957. The second kappa shape index (κ2) is 9.70. The van der Waals surface area contributed by atoms with Crippen molar-refractivity contribution in [2.45, 2.75) is 64.6 Å². The number of rotatable bonds is 5. The van der Waals surface area contributed by atoms with Crippen molar-refractivity contribution in [1.29, 1.82) is 5.26 Å². The van der Waals surface area contributed by atoms with Gasteiger partial charge in [-0.1, -0.05) is 0 Å². The highest BCUT2D eigenvalue weighted by molar-refractivity contribution is 7.07. The fraction of sp³-hybridized carbons (Fsp3) is 0.560. The number of thiophene rings is 1. The summed E-state index contributed by atoms with van der Waals surface area (Å²) in [5.41, 5.74) is 4.05. The third-order valence-electron chi connectivity index (χ3n) is 7.29. The van der Waals surface area contributed by atoms with E-state index in [2.05, 4.69) is 45.0 Å². The van der Waals surface area contributed by atoms with Crippen LogP contribution in [0.2, 0.25) is 0 Å². The molecule has 2 aromatic heterocycles. The first-order chi connectivity index (χ1) is 15.4. The molecule has 2 aliphatic heterocycles. The number of piperidine rings is 2. The van der Waals surface area contributed by atoms with E-state index in [9.17, 15) is 4.79 Å². The SMILES string of the molecule is Cc1cc(C#N)nc(C)c1C(=O)N1CCC(C)(N2CCC(NCc3ccsc3)CC2)CC1. The van der Waals surface area contributed by atoms with E-state index in [1.165, 1.54) is 18.4 Å². The highest BCUT2D eigenvalue weighted by atomic mass is 32.1. The number of carbonyl (C=O) groups excluding carboxylic acids is 1. The van der Waals surface area contributed by atoms with Crippen LogP contribution in [0.15, 0.2) is 22.9 Å². The zero-order chi connectivity index (χ0) is 22.7. The van der Waals surface area contributed by atoms with Gasteiger partial charge in [-0.2, -0.15) is 16.6 Å². The normalized spacial score (nSPS) is 19.6. The number of nitrogens with one attached hydrogen (secondary N) is 1. The van der Waals surface area contributed by atoms with E-state index in [-0.39, 0.29) is 11.4 Å². The first-order valence-electron chi connectivity index (χ1n) is 11.6. The summed E-state index contributed by atoms with van der Waals surface area (Å²) in [6, 6.07) is 6.57. The van der Waals surface area contributed by atoms with Gasteiger partial charge in [0.25, 0.3) is 5.91 Å². The van der Waals surface area contributed by atoms with E-state index in [1.54, 1.807) is 17.4 Å². The van der Waals surface area contributed by atoms with E-state index in [0.717, 1.165) is 51.1 Å². The Balaban J connectivity index is 1.30. The third-order valence-corrected chi connectivity index (χ3v) is 8.02. The van der Waals surface area contributed by atoms with Crippen molar-refractivity contribution in [2.75, 3.05) is 26.2 Å². The monoisotopic (exact) mass is 451 g/mol. The Morgan fingerprint density at radius 2 is 2.00 bits per heavy atom. The van der Waals surface area contributed by atoms with Crippen molar-refractivity contribution in [2.24, 2.45) is 0 Å². The summed E-state index contributed by atoms with van der Waals surface area (Å²) >= 11 is 1.76. The number of pyridine rings is 1. The van der Waals surface area contributed by atoms with Gasteiger partial charge in [-0.25, -0.2) is 4.98 Å². The zero-order valence-corrected chi connectivity index (χ0v) is 20.2. The molecule has 2 aliphatic rings. The van der Waals surface area contributed by atoms with E-state index in [0.29, 0.717) is 23.0 Å². The predicted octanol–water partition coefficient (Wildman–Crippen LogP) is 3.88. The first-order valence-corrected chi connectivity index (χ1v) is 12.5. The van der Waals surface area contributed by atoms with Crippen LogP contribution in [-0.2, 0) is 6.54 Å². The van der Waals surface area contributed by atoms with Gasteiger partial charge in [-0.15, -0.1) is 0 Å². The Morgan fingerprint density at radius 1 is 1.28 bits per heavy atom. The van der Waals surface area contributed by atoms with E-state index < -0.39 is 0 Å². The van der Waals surface area contributed by atoms with Gasteiger partial charge in [0.2, 0.25) is 0 Å². The molecule has 170 valence electrons. The summed E-state index contributed by atoms with van der Waals surface area (Å²) in [4.78, 5) is 22.1. The largest absolute Gasteiger partial charge is 0.338 e. The lowest BCUT2D eigenvalue weighted by molar-refractivity contribution is 0.0153. The molecular formula is C25H33N5OS. The van der Waals surface area contributed by atoms with Crippen molar-refractivity contribution in [3.63, 3.8) is 0 Å². The smallest absolute Gasteiger partial charge is 0.255 e. The van der Waals surface area contributed by atoms with Gasteiger partial charge in [-0.3, -0.25) is 9.69 Å². The van der Waals surface area contributed by atoms with Gasteiger partial charge in [0.1, 0.15) is 11.8 Å². The lowest BCUT2D eigenvalue weighted by Crippen LogP contribution is -2.57. The fourth-order valence-corrected chi connectivity index (χ4v) is 5.83. The molecule has 0 saturated carbocycles. The first kappa shape index (κ1) is 22.9. The van der Waals surface area contributed by atoms with Gasteiger partial charge >= 0.3 is 0 Å². The summed E-state index contributed by atoms with van der Waals surface area (Å²) in [7, 11) is 0. The van der Waals surface area contributed by atoms with Crippen molar-refractivity contribution < 1.29 is 4.79 Å². The number of likely N-dealkylation sites (tertiary alicyclic amines) is 2. The number of amides is 1. The van der Waals surface area contributed by atoms with Crippen LogP contribution in [0.1, 0.15) is 65.5 Å². The lowest BCUT2D eigenvalue weighted by Gasteiger charge is -2.49. The maximum Gasteiger partial charge on any atom is 0.255 e. The molecule has 32 heavy (non-hydrogen) atoms. The molecule has 0 unspecified atom stereocenters. The average Bonchev–Trinajstić information content (AvgIpc) is 3.31. The average molecular weight is 452 g/mol. The molecule has 0 radical (unpaired) electrons. The Morgan fingerprint density at radius 3 is 2.59 bits per heavy atom. The molecular weight excluding hydrogens is 418 g/mol. The molecule has 0 bridgehead atoms. The molecule has 4 rings (SSSR count). The molecule has 1 amide bonds. The second-order valence-corrected chi connectivity index (χ2v) is 10.2. The minimum absolute atomic E-state index is 0.0513. The third kappa shape index (κ3) is 4.88. The molecule has 6 nitrogen and oxygen atoms in total. The van der Waals surface area contributed by atoms with Crippen LogP contribution in [0.3, 0.4) is 0 Å². The number of aromatic nitrogens is 1. The number of hydrogen-bond donors (Lipinski definition) is 1. The van der Waals surface area contributed by atoms with Crippen molar-refractivity contribution in [1.82, 2.24) is 20.1 Å². The van der Waals surface area contributed by atoms with Crippen molar-refractivity contribution in [3.8, 4) is 6.07 Å². The van der Waals surface area contributed by atoms with Crippen molar-refractivity contribution in [3.05, 3.63) is 51.0 Å². The summed E-state index contributed by atoms with van der Waals surface area (Å²) in [5.74, 6) is 0.0513. The Labute approximate surface area is 195 Å². The fourth-order valence-electron chi connectivity index (χ4n) is 5.16. The molecule has 0 aromatic carbocycles. The molecule has 0 aliphatic carbocycles. The van der Waals surface area contributed by atoms with Crippen LogP contribution < -0.4 is 5.32 Å². The molecule has 4 heterocycles. The van der Waals surface area contributed by atoms with Gasteiger partial charge in [-0.05, 0) is 80.5 Å². The Hall–Kier alpha value is -2.27. The van der Waals surface area contributed by atoms with Crippen LogP contribution in [0.25, 0.3) is 0 Å².